The molecule has 1 rings (SSSR count). The first kappa shape index (κ1) is 15.0. The van der Waals surface area contributed by atoms with Crippen molar-refractivity contribution in [3.05, 3.63) is 47.5 Å². The minimum Gasteiger partial charge on any atom is -0.478 e. The summed E-state index contributed by atoms with van der Waals surface area (Å²) in [6, 6.07) is 8.32. The Morgan fingerprint density at radius 1 is 1.11 bits per heavy atom. The second-order valence-electron chi connectivity index (χ2n) is 4.28. The van der Waals surface area contributed by atoms with E-state index >= 15 is 0 Å². The van der Waals surface area contributed by atoms with E-state index in [-0.39, 0.29) is 5.91 Å². The van der Waals surface area contributed by atoms with Crippen LogP contribution in [0.5, 0.6) is 0 Å². The molecule has 2 N–H and O–H groups in total. The summed E-state index contributed by atoms with van der Waals surface area (Å²) in [6.07, 6.45) is 4.79. The second-order valence-corrected chi connectivity index (χ2v) is 4.28. The van der Waals surface area contributed by atoms with E-state index in [0.717, 1.165) is 37.0 Å². The molecule has 0 fully saturated rings. The van der Waals surface area contributed by atoms with E-state index in [9.17, 15) is 9.59 Å². The summed E-state index contributed by atoms with van der Waals surface area (Å²) in [7, 11) is 0. The van der Waals surface area contributed by atoms with Gasteiger partial charge in [0.1, 0.15) is 0 Å². The van der Waals surface area contributed by atoms with Crippen molar-refractivity contribution in [2.75, 3.05) is 6.54 Å². The number of hydrogen-bond donors (Lipinski definition) is 2. The SMILES string of the molecule is CCCc1ccc(CCNC(=O)/C=C/C(=O)O)cc1. The van der Waals surface area contributed by atoms with Gasteiger partial charge in [-0.3, -0.25) is 4.79 Å². The van der Waals surface area contributed by atoms with Gasteiger partial charge in [0.25, 0.3) is 0 Å². The number of rotatable bonds is 7. The molecular weight excluding hydrogens is 242 g/mol. The Labute approximate surface area is 113 Å². The van der Waals surface area contributed by atoms with Gasteiger partial charge < -0.3 is 10.4 Å². The molecule has 0 saturated carbocycles. The highest BCUT2D eigenvalue weighted by Gasteiger charge is 1.98. The predicted molar refractivity (Wildman–Crippen MR) is 73.9 cm³/mol. The third-order valence-corrected chi connectivity index (χ3v) is 2.65. The number of hydrogen-bond acceptors (Lipinski definition) is 2. The third-order valence-electron chi connectivity index (χ3n) is 2.65. The maximum Gasteiger partial charge on any atom is 0.328 e. The molecule has 1 amide bonds. The smallest absolute Gasteiger partial charge is 0.328 e. The van der Waals surface area contributed by atoms with Gasteiger partial charge in [0.15, 0.2) is 0 Å². The Hall–Kier alpha value is -2.10. The number of carboxylic acids is 1. The molecule has 4 heteroatoms. The molecule has 4 nitrogen and oxygen atoms in total. The highest BCUT2D eigenvalue weighted by atomic mass is 16.4. The van der Waals surface area contributed by atoms with E-state index < -0.39 is 5.97 Å². The van der Waals surface area contributed by atoms with Crippen LogP contribution in [0.15, 0.2) is 36.4 Å². The topological polar surface area (TPSA) is 66.4 Å². The number of carboxylic acid groups (broad SMARTS) is 1. The molecular formula is C15H19NO3. The Balaban J connectivity index is 2.32. The number of amides is 1. The maximum absolute atomic E-state index is 11.2. The van der Waals surface area contributed by atoms with E-state index in [1.807, 2.05) is 0 Å². The Bertz CT molecular complexity index is 449. The van der Waals surface area contributed by atoms with Crippen LogP contribution in [0.3, 0.4) is 0 Å². The van der Waals surface area contributed by atoms with Crippen LogP contribution in [-0.4, -0.2) is 23.5 Å². The minimum absolute atomic E-state index is 0.384. The monoisotopic (exact) mass is 261 g/mol. The lowest BCUT2D eigenvalue weighted by Gasteiger charge is -2.04. The molecule has 0 spiro atoms. The number of carbonyl (C=O) groups is 2. The molecule has 1 aromatic carbocycles. The van der Waals surface area contributed by atoms with Crippen LogP contribution < -0.4 is 5.32 Å². The second kappa shape index (κ2) is 8.08. The van der Waals surface area contributed by atoms with Gasteiger partial charge in [-0.25, -0.2) is 4.79 Å². The molecule has 0 aromatic heterocycles. The molecule has 102 valence electrons. The van der Waals surface area contributed by atoms with Gasteiger partial charge in [0.2, 0.25) is 5.91 Å². The fourth-order valence-electron chi connectivity index (χ4n) is 1.70. The van der Waals surface area contributed by atoms with Crippen LogP contribution in [0, 0.1) is 0 Å². The summed E-state index contributed by atoms with van der Waals surface area (Å²) in [5, 5.41) is 11.0. The van der Waals surface area contributed by atoms with Crippen LogP contribution in [0.25, 0.3) is 0 Å². The molecule has 0 aliphatic heterocycles. The van der Waals surface area contributed by atoms with Crippen LogP contribution in [0.2, 0.25) is 0 Å². The average Bonchev–Trinajstić information content (AvgIpc) is 2.39. The Morgan fingerprint density at radius 3 is 2.21 bits per heavy atom. The molecule has 0 aliphatic carbocycles. The van der Waals surface area contributed by atoms with E-state index in [1.165, 1.54) is 5.56 Å². The van der Waals surface area contributed by atoms with Crippen LogP contribution in [0.1, 0.15) is 24.5 Å². The summed E-state index contributed by atoms with van der Waals surface area (Å²) < 4.78 is 0. The summed E-state index contributed by atoms with van der Waals surface area (Å²) >= 11 is 0. The molecule has 0 atom stereocenters. The summed E-state index contributed by atoms with van der Waals surface area (Å²) in [5.41, 5.74) is 2.47. The van der Waals surface area contributed by atoms with E-state index in [4.69, 9.17) is 5.11 Å². The summed E-state index contributed by atoms with van der Waals surface area (Å²) in [5.74, 6) is -1.51. The lowest BCUT2D eigenvalue weighted by atomic mass is 10.1. The van der Waals surface area contributed by atoms with Crippen molar-refractivity contribution >= 4 is 11.9 Å². The van der Waals surface area contributed by atoms with Gasteiger partial charge in [0.05, 0.1) is 0 Å². The molecule has 0 unspecified atom stereocenters. The number of benzene rings is 1. The van der Waals surface area contributed by atoms with Crippen molar-refractivity contribution in [3.8, 4) is 0 Å². The molecule has 0 radical (unpaired) electrons. The number of nitrogens with one attached hydrogen (secondary N) is 1. The summed E-state index contributed by atoms with van der Waals surface area (Å²) in [6.45, 7) is 2.64. The van der Waals surface area contributed by atoms with Crippen molar-refractivity contribution in [1.82, 2.24) is 5.32 Å². The fourth-order valence-corrected chi connectivity index (χ4v) is 1.70. The van der Waals surface area contributed by atoms with Crippen molar-refractivity contribution in [3.63, 3.8) is 0 Å². The Kier molecular flexibility index (Phi) is 6.36. The standard InChI is InChI=1S/C15H19NO3/c1-2-3-12-4-6-13(7-5-12)10-11-16-14(17)8-9-15(18)19/h4-9H,2-3,10-11H2,1H3,(H,16,17)(H,18,19)/b9-8+. The zero-order valence-corrected chi connectivity index (χ0v) is 11.1. The van der Waals surface area contributed by atoms with Crippen molar-refractivity contribution < 1.29 is 14.7 Å². The molecule has 19 heavy (non-hydrogen) atoms. The van der Waals surface area contributed by atoms with Gasteiger partial charge in [-0.05, 0) is 24.0 Å². The van der Waals surface area contributed by atoms with E-state index in [0.29, 0.717) is 6.54 Å². The highest BCUT2D eigenvalue weighted by molar-refractivity contribution is 5.93. The van der Waals surface area contributed by atoms with Gasteiger partial charge in [-0.1, -0.05) is 37.6 Å². The molecule has 0 saturated heterocycles. The molecule has 1 aromatic rings. The largest absolute Gasteiger partial charge is 0.478 e. The summed E-state index contributed by atoms with van der Waals surface area (Å²) in [4.78, 5) is 21.4. The number of carbonyl (C=O) groups excluding carboxylic acids is 1. The average molecular weight is 261 g/mol. The molecule has 0 aliphatic rings. The lowest BCUT2D eigenvalue weighted by molar-refractivity contribution is -0.131. The van der Waals surface area contributed by atoms with Gasteiger partial charge in [-0.2, -0.15) is 0 Å². The number of aryl methyl sites for hydroxylation is 1. The van der Waals surface area contributed by atoms with Gasteiger partial charge in [-0.15, -0.1) is 0 Å². The maximum atomic E-state index is 11.2. The third kappa shape index (κ3) is 6.41. The zero-order chi connectivity index (χ0) is 14.1. The highest BCUT2D eigenvalue weighted by Crippen LogP contribution is 2.06. The normalized spacial score (nSPS) is 10.6. The van der Waals surface area contributed by atoms with E-state index in [2.05, 4.69) is 36.5 Å². The van der Waals surface area contributed by atoms with Gasteiger partial charge >= 0.3 is 5.97 Å². The van der Waals surface area contributed by atoms with Gasteiger partial charge in [0, 0.05) is 18.7 Å². The van der Waals surface area contributed by atoms with Crippen molar-refractivity contribution in [2.45, 2.75) is 26.2 Å². The van der Waals surface area contributed by atoms with Crippen molar-refractivity contribution in [2.24, 2.45) is 0 Å². The lowest BCUT2D eigenvalue weighted by Crippen LogP contribution is -2.23. The molecule has 0 bridgehead atoms. The fraction of sp³-hybridized carbons (Fsp3) is 0.333. The van der Waals surface area contributed by atoms with Crippen LogP contribution in [-0.2, 0) is 22.4 Å². The van der Waals surface area contributed by atoms with Crippen LogP contribution in [0.4, 0.5) is 0 Å². The molecule has 0 heterocycles. The zero-order valence-electron chi connectivity index (χ0n) is 11.1. The van der Waals surface area contributed by atoms with Crippen LogP contribution >= 0.6 is 0 Å². The quantitative estimate of drug-likeness (QED) is 0.737. The predicted octanol–water partition coefficient (Wildman–Crippen LogP) is 1.94. The first-order chi connectivity index (χ1) is 9.11. The first-order valence-electron chi connectivity index (χ1n) is 6.38. The van der Waals surface area contributed by atoms with E-state index in [1.54, 1.807) is 0 Å². The van der Waals surface area contributed by atoms with Crippen molar-refractivity contribution in [1.29, 1.82) is 0 Å². The number of aliphatic carboxylic acids is 1. The minimum atomic E-state index is -1.12. The Morgan fingerprint density at radius 2 is 1.68 bits per heavy atom. The first-order valence-corrected chi connectivity index (χ1v) is 6.38.